The van der Waals surface area contributed by atoms with Gasteiger partial charge in [-0.15, -0.1) is 0 Å². The van der Waals surface area contributed by atoms with Crippen LogP contribution in [0.2, 0.25) is 5.02 Å². The number of aromatic nitrogens is 2. The second kappa shape index (κ2) is 7.68. The summed E-state index contributed by atoms with van der Waals surface area (Å²) in [7, 11) is 0. The lowest BCUT2D eigenvalue weighted by atomic mass is 10.0. The van der Waals surface area contributed by atoms with Gasteiger partial charge >= 0.3 is 0 Å². The van der Waals surface area contributed by atoms with Gasteiger partial charge in [0.05, 0.1) is 5.69 Å². The Bertz CT molecular complexity index is 1010. The summed E-state index contributed by atoms with van der Waals surface area (Å²) in [6.45, 7) is 7.07. The molecule has 144 valence electrons. The minimum atomic E-state index is -0.00618. The number of carbonyl (C=O) groups excluding carboxylic acids is 1. The van der Waals surface area contributed by atoms with Crippen LogP contribution in [0.4, 0.5) is 5.69 Å². The lowest BCUT2D eigenvalue weighted by molar-refractivity contribution is 0.0741. The van der Waals surface area contributed by atoms with Crippen molar-refractivity contribution in [2.45, 2.75) is 13.8 Å². The number of nitrogens with one attached hydrogen (secondary N) is 1. The topological polar surface area (TPSA) is 52.2 Å². The van der Waals surface area contributed by atoms with E-state index in [1.54, 1.807) is 0 Å². The second-order valence-corrected chi connectivity index (χ2v) is 7.66. The molecular formula is C22H23ClN4O. The number of aryl methyl sites for hydroxylation is 2. The van der Waals surface area contributed by atoms with Gasteiger partial charge in [0.2, 0.25) is 0 Å². The van der Waals surface area contributed by atoms with Crippen LogP contribution in [-0.2, 0) is 0 Å². The summed E-state index contributed by atoms with van der Waals surface area (Å²) < 4.78 is 0. The molecule has 1 N–H and O–H groups in total. The van der Waals surface area contributed by atoms with E-state index in [1.807, 2.05) is 41.3 Å². The quantitative estimate of drug-likeness (QED) is 0.720. The molecule has 0 spiro atoms. The first-order chi connectivity index (χ1) is 13.5. The fourth-order valence-corrected chi connectivity index (χ4v) is 3.68. The Balaban J connectivity index is 1.43. The maximum absolute atomic E-state index is 12.9. The van der Waals surface area contributed by atoms with E-state index in [0.29, 0.717) is 18.8 Å². The van der Waals surface area contributed by atoms with Crippen molar-refractivity contribution in [1.82, 2.24) is 15.1 Å². The highest BCUT2D eigenvalue weighted by atomic mass is 35.5. The Morgan fingerprint density at radius 3 is 2.50 bits per heavy atom. The molecule has 0 saturated carbocycles. The molecule has 0 atom stereocenters. The smallest absolute Gasteiger partial charge is 0.272 e. The zero-order valence-corrected chi connectivity index (χ0v) is 16.8. The fraction of sp³-hybridized carbons (Fsp3) is 0.273. The molecule has 6 heteroatoms. The number of nitrogens with zero attached hydrogens (tertiary/aromatic N) is 3. The Morgan fingerprint density at radius 1 is 1.00 bits per heavy atom. The monoisotopic (exact) mass is 394 g/mol. The molecule has 1 amide bonds. The van der Waals surface area contributed by atoms with Crippen molar-refractivity contribution in [1.29, 1.82) is 0 Å². The Kier molecular flexibility index (Phi) is 5.09. The first-order valence-electron chi connectivity index (χ1n) is 9.44. The minimum Gasteiger partial charge on any atom is -0.368 e. The van der Waals surface area contributed by atoms with Gasteiger partial charge in [-0.25, -0.2) is 0 Å². The number of aromatic amines is 1. The number of carbonyl (C=O) groups is 1. The van der Waals surface area contributed by atoms with Crippen molar-refractivity contribution >= 4 is 23.2 Å². The van der Waals surface area contributed by atoms with E-state index in [0.717, 1.165) is 35.1 Å². The summed E-state index contributed by atoms with van der Waals surface area (Å²) in [5.41, 5.74) is 5.90. The van der Waals surface area contributed by atoms with Crippen molar-refractivity contribution < 1.29 is 4.79 Å². The number of halogens is 1. The van der Waals surface area contributed by atoms with E-state index in [9.17, 15) is 4.79 Å². The number of hydrogen-bond acceptors (Lipinski definition) is 3. The zero-order chi connectivity index (χ0) is 19.7. The Morgan fingerprint density at radius 2 is 1.79 bits per heavy atom. The molecule has 0 unspecified atom stereocenters. The van der Waals surface area contributed by atoms with Gasteiger partial charge in [0.25, 0.3) is 5.91 Å². The molecule has 5 nitrogen and oxygen atoms in total. The molecule has 1 aliphatic rings. The van der Waals surface area contributed by atoms with Gasteiger partial charge in [0.1, 0.15) is 5.69 Å². The SMILES string of the molecule is Cc1ccc(-c2cc(C(=O)N3CCN(c4cccc(Cl)c4)CC3)[nH]n2)cc1C. The normalized spacial score (nSPS) is 14.4. The van der Waals surface area contributed by atoms with E-state index in [2.05, 4.69) is 41.1 Å². The molecule has 4 rings (SSSR count). The molecule has 1 aliphatic heterocycles. The molecular weight excluding hydrogens is 372 g/mol. The van der Waals surface area contributed by atoms with E-state index in [-0.39, 0.29) is 5.91 Å². The van der Waals surface area contributed by atoms with Crippen LogP contribution < -0.4 is 4.90 Å². The van der Waals surface area contributed by atoms with Crippen LogP contribution >= 0.6 is 11.6 Å². The van der Waals surface area contributed by atoms with E-state index in [1.165, 1.54) is 11.1 Å². The summed E-state index contributed by atoms with van der Waals surface area (Å²) in [6, 6.07) is 15.9. The maximum atomic E-state index is 12.9. The highest BCUT2D eigenvalue weighted by Gasteiger charge is 2.24. The molecule has 1 saturated heterocycles. The highest BCUT2D eigenvalue weighted by Crippen LogP contribution is 2.23. The molecule has 0 bridgehead atoms. The van der Waals surface area contributed by atoms with Crippen LogP contribution in [0.15, 0.2) is 48.5 Å². The summed E-state index contributed by atoms with van der Waals surface area (Å²) >= 11 is 6.09. The van der Waals surface area contributed by atoms with Crippen molar-refractivity contribution in [2.75, 3.05) is 31.1 Å². The van der Waals surface area contributed by atoms with E-state index in [4.69, 9.17) is 11.6 Å². The van der Waals surface area contributed by atoms with Crippen molar-refractivity contribution in [3.63, 3.8) is 0 Å². The average Bonchev–Trinajstić information content (AvgIpc) is 3.20. The molecule has 0 aliphatic carbocycles. The second-order valence-electron chi connectivity index (χ2n) is 7.23. The van der Waals surface area contributed by atoms with Gasteiger partial charge in [-0.05, 0) is 55.3 Å². The van der Waals surface area contributed by atoms with E-state index >= 15 is 0 Å². The predicted octanol–water partition coefficient (Wildman–Crippen LogP) is 4.31. The number of hydrogen-bond donors (Lipinski definition) is 1. The van der Waals surface area contributed by atoms with E-state index < -0.39 is 0 Å². The third kappa shape index (κ3) is 3.76. The van der Waals surface area contributed by atoms with Crippen LogP contribution in [0.5, 0.6) is 0 Å². The Labute approximate surface area is 169 Å². The number of H-pyrrole nitrogens is 1. The Hall–Kier alpha value is -2.79. The van der Waals surface area contributed by atoms with Crippen LogP contribution in [0.3, 0.4) is 0 Å². The predicted molar refractivity (Wildman–Crippen MR) is 113 cm³/mol. The van der Waals surface area contributed by atoms with Gasteiger partial charge < -0.3 is 9.80 Å². The third-order valence-electron chi connectivity index (χ3n) is 5.35. The fourth-order valence-electron chi connectivity index (χ4n) is 3.49. The third-order valence-corrected chi connectivity index (χ3v) is 5.59. The van der Waals surface area contributed by atoms with Crippen LogP contribution in [0.25, 0.3) is 11.3 Å². The summed E-state index contributed by atoms with van der Waals surface area (Å²) in [5, 5.41) is 7.99. The number of rotatable bonds is 3. The van der Waals surface area contributed by atoms with Crippen molar-refractivity contribution in [3.05, 3.63) is 70.4 Å². The molecule has 2 heterocycles. The summed E-state index contributed by atoms with van der Waals surface area (Å²) in [4.78, 5) is 17.0. The summed E-state index contributed by atoms with van der Waals surface area (Å²) in [5.74, 6) is -0.00618. The number of anilines is 1. The van der Waals surface area contributed by atoms with Crippen molar-refractivity contribution in [3.8, 4) is 11.3 Å². The highest BCUT2D eigenvalue weighted by molar-refractivity contribution is 6.30. The zero-order valence-electron chi connectivity index (χ0n) is 16.1. The number of benzene rings is 2. The van der Waals surface area contributed by atoms with Gasteiger partial charge in [-0.2, -0.15) is 5.10 Å². The van der Waals surface area contributed by atoms with Gasteiger partial charge in [-0.3, -0.25) is 9.89 Å². The van der Waals surface area contributed by atoms with Gasteiger partial charge in [0, 0.05) is 42.5 Å². The molecule has 3 aromatic rings. The first-order valence-corrected chi connectivity index (χ1v) is 9.82. The lowest BCUT2D eigenvalue weighted by Gasteiger charge is -2.36. The van der Waals surface area contributed by atoms with Gasteiger partial charge in [-0.1, -0.05) is 29.8 Å². The van der Waals surface area contributed by atoms with Crippen LogP contribution in [0, 0.1) is 13.8 Å². The standard InChI is InChI=1S/C22H23ClN4O/c1-15-6-7-17(12-16(15)2)20-14-21(25-24-20)22(28)27-10-8-26(9-11-27)19-5-3-4-18(23)13-19/h3-7,12-14H,8-11H2,1-2H3,(H,24,25). The molecule has 0 radical (unpaired) electrons. The first kappa shape index (κ1) is 18.6. The lowest BCUT2D eigenvalue weighted by Crippen LogP contribution is -2.48. The minimum absolute atomic E-state index is 0.00618. The number of piperazine rings is 1. The summed E-state index contributed by atoms with van der Waals surface area (Å²) in [6.07, 6.45) is 0. The van der Waals surface area contributed by atoms with Crippen molar-refractivity contribution in [2.24, 2.45) is 0 Å². The number of amides is 1. The molecule has 1 aromatic heterocycles. The maximum Gasteiger partial charge on any atom is 0.272 e. The van der Waals surface area contributed by atoms with Gasteiger partial charge in [0.15, 0.2) is 0 Å². The van der Waals surface area contributed by atoms with Crippen LogP contribution in [0.1, 0.15) is 21.6 Å². The largest absolute Gasteiger partial charge is 0.368 e. The molecule has 1 fully saturated rings. The molecule has 2 aromatic carbocycles. The average molecular weight is 395 g/mol. The van der Waals surface area contributed by atoms with Crippen LogP contribution in [-0.4, -0.2) is 47.2 Å². The molecule has 28 heavy (non-hydrogen) atoms.